The van der Waals surface area contributed by atoms with Crippen molar-refractivity contribution >= 4 is 6.08 Å². The summed E-state index contributed by atoms with van der Waals surface area (Å²) in [5.41, 5.74) is 0.962. The standard InChI is InChI=1S/C13H15F2N/c14-13(15)8-9-16-10-12(13)7-6-11-4-2-1-3-5-11/h1-7,12,16H,8-10H2/b7-6+. The number of piperidine rings is 1. The Hall–Kier alpha value is -1.22. The molecule has 0 amide bonds. The van der Waals surface area contributed by atoms with Gasteiger partial charge in [0, 0.05) is 19.5 Å². The lowest BCUT2D eigenvalue weighted by Crippen LogP contribution is -2.43. The van der Waals surface area contributed by atoms with Crippen molar-refractivity contribution < 1.29 is 8.78 Å². The minimum absolute atomic E-state index is 0.0726. The van der Waals surface area contributed by atoms with Crippen LogP contribution in [0.1, 0.15) is 12.0 Å². The zero-order valence-corrected chi connectivity index (χ0v) is 9.00. The molecular weight excluding hydrogens is 208 g/mol. The lowest BCUT2D eigenvalue weighted by atomic mass is 9.94. The van der Waals surface area contributed by atoms with Crippen molar-refractivity contribution in [3.05, 3.63) is 42.0 Å². The predicted molar refractivity (Wildman–Crippen MR) is 61.4 cm³/mol. The molecule has 16 heavy (non-hydrogen) atoms. The first-order valence-electron chi connectivity index (χ1n) is 5.50. The molecule has 1 unspecified atom stereocenters. The van der Waals surface area contributed by atoms with Crippen molar-refractivity contribution in [2.24, 2.45) is 5.92 Å². The first-order chi connectivity index (χ1) is 7.68. The van der Waals surface area contributed by atoms with Crippen LogP contribution >= 0.6 is 0 Å². The highest BCUT2D eigenvalue weighted by atomic mass is 19.3. The molecule has 0 aliphatic carbocycles. The van der Waals surface area contributed by atoms with E-state index < -0.39 is 11.8 Å². The van der Waals surface area contributed by atoms with E-state index >= 15 is 0 Å². The molecular formula is C13H15F2N. The fourth-order valence-corrected chi connectivity index (χ4v) is 1.85. The van der Waals surface area contributed by atoms with Gasteiger partial charge >= 0.3 is 0 Å². The smallest absolute Gasteiger partial charge is 0.256 e. The van der Waals surface area contributed by atoms with Gasteiger partial charge in [0.25, 0.3) is 5.92 Å². The fraction of sp³-hybridized carbons (Fsp3) is 0.385. The molecule has 1 aliphatic rings. The second-order valence-corrected chi connectivity index (χ2v) is 4.09. The summed E-state index contributed by atoms with van der Waals surface area (Å²) in [6.07, 6.45) is 3.31. The SMILES string of the molecule is FC1(F)CCNCC1/C=C/c1ccccc1. The highest BCUT2D eigenvalue weighted by Crippen LogP contribution is 2.31. The number of benzene rings is 1. The van der Waals surface area contributed by atoms with Crippen molar-refractivity contribution in [2.75, 3.05) is 13.1 Å². The van der Waals surface area contributed by atoms with E-state index in [1.165, 1.54) is 0 Å². The molecule has 1 aliphatic heterocycles. The Kier molecular flexibility index (Phi) is 3.34. The second kappa shape index (κ2) is 4.74. The molecule has 1 N–H and O–H groups in total. The summed E-state index contributed by atoms with van der Waals surface area (Å²) in [7, 11) is 0. The quantitative estimate of drug-likeness (QED) is 0.812. The van der Waals surface area contributed by atoms with Crippen LogP contribution in [0.4, 0.5) is 8.78 Å². The Morgan fingerprint density at radius 3 is 2.69 bits per heavy atom. The first-order valence-corrected chi connectivity index (χ1v) is 5.50. The average Bonchev–Trinajstić information content (AvgIpc) is 2.28. The zero-order valence-electron chi connectivity index (χ0n) is 9.00. The Balaban J connectivity index is 2.06. The second-order valence-electron chi connectivity index (χ2n) is 4.09. The van der Waals surface area contributed by atoms with Crippen molar-refractivity contribution in [3.8, 4) is 0 Å². The maximum atomic E-state index is 13.5. The van der Waals surface area contributed by atoms with Crippen LogP contribution in [0.5, 0.6) is 0 Å². The van der Waals surface area contributed by atoms with Gasteiger partial charge in [-0.05, 0) is 5.56 Å². The molecule has 1 aromatic carbocycles. The lowest BCUT2D eigenvalue weighted by molar-refractivity contribution is -0.0600. The Labute approximate surface area is 94.2 Å². The topological polar surface area (TPSA) is 12.0 Å². The third-order valence-electron chi connectivity index (χ3n) is 2.86. The number of hydrogen-bond donors (Lipinski definition) is 1. The van der Waals surface area contributed by atoms with Gasteiger partial charge in [-0.1, -0.05) is 42.5 Å². The number of alkyl halides is 2. The van der Waals surface area contributed by atoms with Crippen LogP contribution in [-0.2, 0) is 0 Å². The Morgan fingerprint density at radius 2 is 2.00 bits per heavy atom. The Morgan fingerprint density at radius 1 is 1.25 bits per heavy atom. The van der Waals surface area contributed by atoms with Gasteiger partial charge in [-0.25, -0.2) is 8.78 Å². The van der Waals surface area contributed by atoms with Gasteiger partial charge in [0.15, 0.2) is 0 Å². The van der Waals surface area contributed by atoms with Crippen LogP contribution in [0.25, 0.3) is 6.08 Å². The molecule has 0 spiro atoms. The third kappa shape index (κ3) is 2.67. The van der Waals surface area contributed by atoms with Crippen molar-refractivity contribution in [1.82, 2.24) is 5.32 Å². The van der Waals surface area contributed by atoms with Crippen molar-refractivity contribution in [2.45, 2.75) is 12.3 Å². The highest BCUT2D eigenvalue weighted by molar-refractivity contribution is 5.49. The van der Waals surface area contributed by atoms with Crippen LogP contribution < -0.4 is 5.32 Å². The normalized spacial score (nSPS) is 24.8. The molecule has 3 heteroatoms. The van der Waals surface area contributed by atoms with Crippen molar-refractivity contribution in [1.29, 1.82) is 0 Å². The maximum absolute atomic E-state index is 13.5. The average molecular weight is 223 g/mol. The first kappa shape index (κ1) is 11.3. The molecule has 0 radical (unpaired) electrons. The van der Waals surface area contributed by atoms with E-state index in [-0.39, 0.29) is 6.42 Å². The van der Waals surface area contributed by atoms with Gasteiger partial charge < -0.3 is 5.32 Å². The minimum Gasteiger partial charge on any atom is -0.316 e. The molecule has 86 valence electrons. The van der Waals surface area contributed by atoms with Crippen LogP contribution in [0.15, 0.2) is 36.4 Å². The largest absolute Gasteiger partial charge is 0.316 e. The lowest BCUT2D eigenvalue weighted by Gasteiger charge is -2.29. The van der Waals surface area contributed by atoms with Gasteiger partial charge in [0.2, 0.25) is 0 Å². The molecule has 1 fully saturated rings. The summed E-state index contributed by atoms with van der Waals surface area (Å²) in [5, 5.41) is 3.00. The van der Waals surface area contributed by atoms with E-state index in [1.54, 1.807) is 12.2 Å². The van der Waals surface area contributed by atoms with E-state index in [2.05, 4.69) is 5.32 Å². The van der Waals surface area contributed by atoms with Gasteiger partial charge in [-0.3, -0.25) is 0 Å². The number of nitrogens with one attached hydrogen (secondary N) is 1. The fourth-order valence-electron chi connectivity index (χ4n) is 1.85. The number of halogens is 2. The van der Waals surface area contributed by atoms with Gasteiger partial charge in [-0.15, -0.1) is 0 Å². The molecule has 1 heterocycles. The van der Waals surface area contributed by atoms with E-state index in [0.717, 1.165) is 5.56 Å². The van der Waals surface area contributed by atoms with Crippen LogP contribution in [0, 0.1) is 5.92 Å². The molecule has 0 saturated carbocycles. The summed E-state index contributed by atoms with van der Waals surface area (Å²) >= 11 is 0. The summed E-state index contributed by atoms with van der Waals surface area (Å²) in [6.45, 7) is 0.763. The van der Waals surface area contributed by atoms with Gasteiger partial charge in [-0.2, -0.15) is 0 Å². The molecule has 1 saturated heterocycles. The number of rotatable bonds is 2. The molecule has 1 nitrogen and oxygen atoms in total. The summed E-state index contributed by atoms with van der Waals surface area (Å²) < 4.78 is 27.0. The monoisotopic (exact) mass is 223 g/mol. The molecule has 2 rings (SSSR count). The number of hydrogen-bond acceptors (Lipinski definition) is 1. The predicted octanol–water partition coefficient (Wildman–Crippen LogP) is 2.94. The van der Waals surface area contributed by atoms with E-state index in [9.17, 15) is 8.78 Å². The molecule has 0 bridgehead atoms. The van der Waals surface area contributed by atoms with E-state index in [1.807, 2.05) is 30.3 Å². The molecule has 1 aromatic rings. The van der Waals surface area contributed by atoms with Gasteiger partial charge in [0.05, 0.1) is 5.92 Å². The summed E-state index contributed by atoms with van der Waals surface area (Å²) in [5.74, 6) is -3.27. The van der Waals surface area contributed by atoms with E-state index in [4.69, 9.17) is 0 Å². The summed E-state index contributed by atoms with van der Waals surface area (Å²) in [6, 6.07) is 9.53. The Bertz CT molecular complexity index is 359. The van der Waals surface area contributed by atoms with Gasteiger partial charge in [0.1, 0.15) is 0 Å². The van der Waals surface area contributed by atoms with Crippen LogP contribution in [-0.4, -0.2) is 19.0 Å². The van der Waals surface area contributed by atoms with Crippen molar-refractivity contribution in [3.63, 3.8) is 0 Å². The van der Waals surface area contributed by atoms with Crippen LogP contribution in [0.2, 0.25) is 0 Å². The maximum Gasteiger partial charge on any atom is 0.256 e. The minimum atomic E-state index is -2.57. The summed E-state index contributed by atoms with van der Waals surface area (Å²) in [4.78, 5) is 0. The third-order valence-corrected chi connectivity index (χ3v) is 2.86. The molecule has 0 aromatic heterocycles. The zero-order chi connectivity index (χ0) is 11.4. The molecule has 1 atom stereocenters. The highest BCUT2D eigenvalue weighted by Gasteiger charge is 2.39. The van der Waals surface area contributed by atoms with Crippen LogP contribution in [0.3, 0.4) is 0 Å². The van der Waals surface area contributed by atoms with E-state index in [0.29, 0.717) is 13.1 Å².